The number of pyridine rings is 1. The van der Waals surface area contributed by atoms with Crippen LogP contribution < -0.4 is 5.32 Å². The molecule has 0 radical (unpaired) electrons. The second kappa shape index (κ2) is 6.59. The molecule has 0 bridgehead atoms. The average molecular weight is 273 g/mol. The Balaban J connectivity index is 1.97. The zero-order chi connectivity index (χ0) is 12.1. The van der Waals surface area contributed by atoms with Gasteiger partial charge in [0.15, 0.2) is 0 Å². The zero-order valence-electron chi connectivity index (χ0n) is 9.86. The highest BCUT2D eigenvalue weighted by Crippen LogP contribution is 2.28. The normalized spacial score (nSPS) is 24.8. The fraction of sp³-hybridized carbons (Fsp3) is 0.583. The summed E-state index contributed by atoms with van der Waals surface area (Å²) in [4.78, 5) is 4.31. The van der Waals surface area contributed by atoms with Crippen molar-refractivity contribution in [3.63, 3.8) is 0 Å². The van der Waals surface area contributed by atoms with E-state index < -0.39 is 0 Å². The van der Waals surface area contributed by atoms with Gasteiger partial charge in [0.1, 0.15) is 0 Å². The predicted molar refractivity (Wildman–Crippen MR) is 71.8 cm³/mol. The van der Waals surface area contributed by atoms with Crippen LogP contribution in [-0.2, 0) is 4.74 Å². The summed E-state index contributed by atoms with van der Waals surface area (Å²) >= 11 is 7.59. The van der Waals surface area contributed by atoms with E-state index in [1.807, 2.05) is 12.1 Å². The summed E-state index contributed by atoms with van der Waals surface area (Å²) in [6, 6.07) is 4.35. The molecule has 2 unspecified atom stereocenters. The van der Waals surface area contributed by atoms with E-state index in [1.54, 1.807) is 18.0 Å². The van der Waals surface area contributed by atoms with E-state index in [1.165, 1.54) is 0 Å². The summed E-state index contributed by atoms with van der Waals surface area (Å²) in [5, 5.41) is 5.63. The van der Waals surface area contributed by atoms with Crippen LogP contribution >= 0.6 is 23.4 Å². The summed E-state index contributed by atoms with van der Waals surface area (Å²) < 4.78 is 5.54. The molecule has 1 aromatic rings. The molecule has 94 valence electrons. The van der Waals surface area contributed by atoms with Gasteiger partial charge in [0.2, 0.25) is 0 Å². The predicted octanol–water partition coefficient (Wildman–Crippen LogP) is 2.59. The van der Waals surface area contributed by atoms with Crippen molar-refractivity contribution in [2.75, 3.05) is 19.8 Å². The molecule has 0 aromatic carbocycles. The Bertz CT molecular complexity index is 345. The van der Waals surface area contributed by atoms with Gasteiger partial charge in [-0.25, -0.2) is 4.98 Å². The van der Waals surface area contributed by atoms with Crippen LogP contribution in [0.25, 0.3) is 0 Å². The molecule has 3 nitrogen and oxygen atoms in total. The van der Waals surface area contributed by atoms with Crippen molar-refractivity contribution in [1.82, 2.24) is 10.3 Å². The SMILES string of the molecule is CCNC1CCOCC1Sc1ccc(Cl)cn1. The third-order valence-electron chi connectivity index (χ3n) is 2.74. The van der Waals surface area contributed by atoms with Crippen LogP contribution in [0.15, 0.2) is 23.4 Å². The van der Waals surface area contributed by atoms with Crippen molar-refractivity contribution in [3.8, 4) is 0 Å². The molecule has 1 N–H and O–H groups in total. The second-order valence-electron chi connectivity index (χ2n) is 4.00. The van der Waals surface area contributed by atoms with Gasteiger partial charge in [-0.3, -0.25) is 0 Å². The molecule has 17 heavy (non-hydrogen) atoms. The minimum absolute atomic E-state index is 0.428. The van der Waals surface area contributed by atoms with Crippen molar-refractivity contribution >= 4 is 23.4 Å². The lowest BCUT2D eigenvalue weighted by Gasteiger charge is -2.31. The third-order valence-corrected chi connectivity index (χ3v) is 4.22. The molecule has 1 saturated heterocycles. The molecule has 0 saturated carbocycles. The first-order valence-corrected chi connectivity index (χ1v) is 7.14. The van der Waals surface area contributed by atoms with Gasteiger partial charge in [0.05, 0.1) is 16.7 Å². The Hall–Kier alpha value is -0.290. The highest BCUT2D eigenvalue weighted by atomic mass is 35.5. The van der Waals surface area contributed by atoms with Crippen molar-refractivity contribution < 1.29 is 4.74 Å². The Morgan fingerprint density at radius 3 is 3.18 bits per heavy atom. The maximum atomic E-state index is 5.82. The fourth-order valence-corrected chi connectivity index (χ4v) is 3.15. The van der Waals surface area contributed by atoms with Crippen LogP contribution in [0.5, 0.6) is 0 Å². The zero-order valence-corrected chi connectivity index (χ0v) is 11.4. The first-order chi connectivity index (χ1) is 8.29. The van der Waals surface area contributed by atoms with Crippen LogP contribution in [0, 0.1) is 0 Å². The first kappa shape index (κ1) is 13.1. The van der Waals surface area contributed by atoms with Crippen LogP contribution in [0.3, 0.4) is 0 Å². The summed E-state index contributed by atoms with van der Waals surface area (Å²) in [6.45, 7) is 4.77. The second-order valence-corrected chi connectivity index (χ2v) is 5.69. The molecule has 1 fully saturated rings. The Kier molecular flexibility index (Phi) is 5.10. The molecule has 0 aliphatic carbocycles. The van der Waals surface area contributed by atoms with Crippen molar-refractivity contribution in [3.05, 3.63) is 23.4 Å². The maximum Gasteiger partial charge on any atom is 0.0965 e. The Morgan fingerprint density at radius 2 is 2.47 bits per heavy atom. The van der Waals surface area contributed by atoms with Gasteiger partial charge < -0.3 is 10.1 Å². The number of ether oxygens (including phenoxy) is 1. The van der Waals surface area contributed by atoms with Crippen LogP contribution in [-0.4, -0.2) is 36.0 Å². The number of rotatable bonds is 4. The molecular formula is C12H17ClN2OS. The molecule has 2 heterocycles. The van der Waals surface area contributed by atoms with Crippen molar-refractivity contribution in [2.24, 2.45) is 0 Å². The maximum absolute atomic E-state index is 5.82. The molecule has 0 spiro atoms. The van der Waals surface area contributed by atoms with E-state index in [0.717, 1.165) is 31.2 Å². The fourth-order valence-electron chi connectivity index (χ4n) is 1.91. The van der Waals surface area contributed by atoms with Gasteiger partial charge in [-0.2, -0.15) is 0 Å². The van der Waals surface area contributed by atoms with E-state index in [0.29, 0.717) is 16.3 Å². The van der Waals surface area contributed by atoms with E-state index >= 15 is 0 Å². The van der Waals surface area contributed by atoms with Crippen molar-refractivity contribution in [1.29, 1.82) is 0 Å². The average Bonchev–Trinajstić information content (AvgIpc) is 2.35. The van der Waals surface area contributed by atoms with Crippen molar-refractivity contribution in [2.45, 2.75) is 29.7 Å². The number of nitrogens with one attached hydrogen (secondary N) is 1. The molecular weight excluding hydrogens is 256 g/mol. The van der Waals surface area contributed by atoms with Crippen LogP contribution in [0.1, 0.15) is 13.3 Å². The summed E-state index contributed by atoms with van der Waals surface area (Å²) in [7, 11) is 0. The number of thioether (sulfide) groups is 1. The molecule has 0 amide bonds. The highest BCUT2D eigenvalue weighted by molar-refractivity contribution is 8.00. The molecule has 2 atom stereocenters. The molecule has 5 heteroatoms. The van der Waals surface area contributed by atoms with Crippen LogP contribution in [0.2, 0.25) is 5.02 Å². The minimum atomic E-state index is 0.428. The topological polar surface area (TPSA) is 34.1 Å². The molecule has 2 rings (SSSR count). The first-order valence-electron chi connectivity index (χ1n) is 5.89. The number of hydrogen-bond acceptors (Lipinski definition) is 4. The van der Waals surface area contributed by atoms with E-state index in [9.17, 15) is 0 Å². The third kappa shape index (κ3) is 3.85. The van der Waals surface area contributed by atoms with Gasteiger partial charge in [-0.05, 0) is 25.1 Å². The monoisotopic (exact) mass is 272 g/mol. The lowest BCUT2D eigenvalue weighted by atomic mass is 10.1. The number of hydrogen-bond donors (Lipinski definition) is 1. The Labute approximate surface area is 111 Å². The van der Waals surface area contributed by atoms with E-state index in [4.69, 9.17) is 16.3 Å². The lowest BCUT2D eigenvalue weighted by Crippen LogP contribution is -2.44. The van der Waals surface area contributed by atoms with Crippen LogP contribution in [0.4, 0.5) is 0 Å². The highest BCUT2D eigenvalue weighted by Gasteiger charge is 2.26. The minimum Gasteiger partial charge on any atom is -0.380 e. The van der Waals surface area contributed by atoms with Gasteiger partial charge in [-0.1, -0.05) is 30.3 Å². The number of halogens is 1. The molecule has 1 aliphatic heterocycles. The van der Waals surface area contributed by atoms with Gasteiger partial charge >= 0.3 is 0 Å². The lowest BCUT2D eigenvalue weighted by molar-refractivity contribution is 0.0836. The molecule has 1 aliphatic rings. The quantitative estimate of drug-likeness (QED) is 0.914. The number of nitrogens with zero attached hydrogens (tertiary/aromatic N) is 1. The van der Waals surface area contributed by atoms with E-state index in [-0.39, 0.29) is 0 Å². The summed E-state index contributed by atoms with van der Waals surface area (Å²) in [6.07, 6.45) is 2.76. The smallest absolute Gasteiger partial charge is 0.0965 e. The van der Waals surface area contributed by atoms with Gasteiger partial charge in [0, 0.05) is 24.1 Å². The van der Waals surface area contributed by atoms with Gasteiger partial charge in [0.25, 0.3) is 0 Å². The Morgan fingerprint density at radius 1 is 1.59 bits per heavy atom. The number of aromatic nitrogens is 1. The summed E-state index contributed by atoms with van der Waals surface area (Å²) in [5.74, 6) is 0. The largest absolute Gasteiger partial charge is 0.380 e. The summed E-state index contributed by atoms with van der Waals surface area (Å²) in [5.41, 5.74) is 0. The van der Waals surface area contributed by atoms with E-state index in [2.05, 4.69) is 17.2 Å². The molecule has 1 aromatic heterocycles. The van der Waals surface area contributed by atoms with Gasteiger partial charge in [-0.15, -0.1) is 0 Å². The standard InChI is InChI=1S/C12H17ClN2OS/c1-2-14-10-5-6-16-8-11(10)17-12-4-3-9(13)7-15-12/h3-4,7,10-11,14H,2,5-6,8H2,1H3.